The average molecular weight is 544 g/mol. The molecule has 5 rings (SSSR count). The van der Waals surface area contributed by atoms with Crippen LogP contribution in [-0.2, 0) is 27.2 Å². The smallest absolute Gasteiger partial charge is 0.326 e. The van der Waals surface area contributed by atoms with Gasteiger partial charge in [0.05, 0.1) is 0 Å². The molecule has 0 saturated carbocycles. The minimum atomic E-state index is -1.21. The Morgan fingerprint density at radius 2 is 1.55 bits per heavy atom. The first-order chi connectivity index (χ1) is 19.2. The summed E-state index contributed by atoms with van der Waals surface area (Å²) in [5.41, 5.74) is 1.81. The molecule has 0 saturated heterocycles. The second-order valence-corrected chi connectivity index (χ2v) is 10.3. The van der Waals surface area contributed by atoms with Crippen molar-refractivity contribution in [3.63, 3.8) is 0 Å². The molecule has 3 amide bonds. The number of aliphatic carboxylic acids is 1. The second-order valence-electron chi connectivity index (χ2n) is 10.3. The van der Waals surface area contributed by atoms with Gasteiger partial charge in [0.2, 0.25) is 11.8 Å². The molecule has 2 aliphatic rings. The molecule has 2 aliphatic heterocycles. The third-order valence-corrected chi connectivity index (χ3v) is 6.55. The molecule has 208 valence electrons. The lowest BCUT2D eigenvalue weighted by atomic mass is 9.99. The van der Waals surface area contributed by atoms with Gasteiger partial charge in [-0.1, -0.05) is 62.4 Å². The molecular formula is C31H33N3O6. The van der Waals surface area contributed by atoms with Gasteiger partial charge in [0.25, 0.3) is 5.91 Å². The van der Waals surface area contributed by atoms with Crippen LogP contribution in [0.4, 0.5) is 0 Å². The largest absolute Gasteiger partial charge is 0.480 e. The van der Waals surface area contributed by atoms with Crippen LogP contribution in [0.2, 0.25) is 0 Å². The Balaban J connectivity index is 1.72. The highest BCUT2D eigenvalue weighted by molar-refractivity contribution is 5.99. The van der Waals surface area contributed by atoms with Crippen LogP contribution >= 0.6 is 0 Å². The first kappa shape index (κ1) is 28.4. The van der Waals surface area contributed by atoms with Gasteiger partial charge in [0.15, 0.2) is 0 Å². The lowest BCUT2D eigenvalue weighted by Gasteiger charge is -2.26. The van der Waals surface area contributed by atoms with E-state index in [2.05, 4.69) is 16.0 Å². The van der Waals surface area contributed by atoms with E-state index in [4.69, 9.17) is 4.74 Å². The van der Waals surface area contributed by atoms with Crippen LogP contribution in [0.1, 0.15) is 41.8 Å². The van der Waals surface area contributed by atoms with E-state index in [-0.39, 0.29) is 25.2 Å². The molecule has 0 fully saturated rings. The fraction of sp³-hybridized carbons (Fsp3) is 0.290. The van der Waals surface area contributed by atoms with Gasteiger partial charge in [0.1, 0.15) is 29.6 Å². The van der Waals surface area contributed by atoms with E-state index in [9.17, 15) is 24.3 Å². The Morgan fingerprint density at radius 3 is 2.23 bits per heavy atom. The Morgan fingerprint density at radius 1 is 0.850 bits per heavy atom. The van der Waals surface area contributed by atoms with Crippen molar-refractivity contribution in [3.05, 3.63) is 95.6 Å². The number of carbonyl (C=O) groups is 4. The third kappa shape index (κ3) is 7.69. The summed E-state index contributed by atoms with van der Waals surface area (Å²) in [4.78, 5) is 52.2. The number of ether oxygens (including phenoxy) is 1. The van der Waals surface area contributed by atoms with E-state index in [1.165, 1.54) is 0 Å². The molecule has 9 nitrogen and oxygen atoms in total. The van der Waals surface area contributed by atoms with Crippen LogP contribution in [0.25, 0.3) is 0 Å². The van der Waals surface area contributed by atoms with Gasteiger partial charge in [-0.3, -0.25) is 14.4 Å². The maximum absolute atomic E-state index is 13.6. The highest BCUT2D eigenvalue weighted by Gasteiger charge is 2.30. The Kier molecular flexibility index (Phi) is 9.16. The number of rotatable bonds is 5. The zero-order valence-electron chi connectivity index (χ0n) is 22.4. The number of amides is 3. The summed E-state index contributed by atoms with van der Waals surface area (Å²) in [6.07, 6.45) is 0.518. The topological polar surface area (TPSA) is 134 Å². The molecule has 40 heavy (non-hydrogen) atoms. The number of hydrogen-bond acceptors (Lipinski definition) is 5. The maximum Gasteiger partial charge on any atom is 0.326 e. The van der Waals surface area contributed by atoms with Crippen molar-refractivity contribution < 1.29 is 29.0 Å². The van der Waals surface area contributed by atoms with Crippen molar-refractivity contribution in [2.24, 2.45) is 5.92 Å². The van der Waals surface area contributed by atoms with E-state index in [0.717, 1.165) is 5.56 Å². The third-order valence-electron chi connectivity index (χ3n) is 6.55. The standard InChI is InChI=1S/C31H33N3O6/c1-19(2)15-25-29(36)34-27(31(38)39)17-21-11-13-23(14-12-21)40-24-10-6-9-22(18-24)28(35)32-26(30(37)33-25)16-20-7-4-3-5-8-20/h3-14,18-19,25-27H,15-17H2,1-2H3,(H,32,35)(H,33,37)(H,34,36)(H,38,39)/t25-,26+,27-/m0/s1. The molecule has 0 spiro atoms. The lowest BCUT2D eigenvalue weighted by Crippen LogP contribution is -2.56. The Labute approximate surface area is 232 Å². The summed E-state index contributed by atoms with van der Waals surface area (Å²) >= 11 is 0. The van der Waals surface area contributed by atoms with Gasteiger partial charge >= 0.3 is 5.97 Å². The molecule has 9 heteroatoms. The van der Waals surface area contributed by atoms with Crippen LogP contribution in [0.5, 0.6) is 11.5 Å². The number of carboxylic acids is 1. The van der Waals surface area contributed by atoms with Gasteiger partial charge in [-0.2, -0.15) is 0 Å². The SMILES string of the molecule is CC(C)C[C@@H]1NC(=O)[C@@H](Cc2ccccc2)NC(=O)c2cccc(c2)Oc2ccc(cc2)C[C@@H](C(=O)O)NC1=O. The summed E-state index contributed by atoms with van der Waals surface area (Å²) in [6.45, 7) is 3.80. The number of fused-ring (bicyclic) bond motifs is 11. The van der Waals surface area contributed by atoms with Gasteiger partial charge < -0.3 is 25.8 Å². The van der Waals surface area contributed by atoms with E-state index in [1.807, 2.05) is 44.2 Å². The minimum Gasteiger partial charge on any atom is -0.480 e. The van der Waals surface area contributed by atoms with Gasteiger partial charge in [-0.15, -0.1) is 0 Å². The van der Waals surface area contributed by atoms with Gasteiger partial charge in [0, 0.05) is 18.4 Å². The molecular weight excluding hydrogens is 510 g/mol. The normalized spacial score (nSPS) is 20.0. The zero-order chi connectivity index (χ0) is 28.6. The number of carbonyl (C=O) groups excluding carboxylic acids is 3. The van der Waals surface area contributed by atoms with E-state index in [1.54, 1.807) is 48.5 Å². The molecule has 0 unspecified atom stereocenters. The Bertz CT molecular complexity index is 1360. The van der Waals surface area contributed by atoms with E-state index < -0.39 is 41.8 Å². The zero-order valence-corrected chi connectivity index (χ0v) is 22.4. The van der Waals surface area contributed by atoms with Gasteiger partial charge in [-0.05, 0) is 53.8 Å². The van der Waals surface area contributed by atoms with Crippen molar-refractivity contribution in [1.82, 2.24) is 16.0 Å². The quantitative estimate of drug-likeness (QED) is 0.364. The van der Waals surface area contributed by atoms with Crippen molar-refractivity contribution in [1.29, 1.82) is 0 Å². The monoisotopic (exact) mass is 543 g/mol. The summed E-state index contributed by atoms with van der Waals surface area (Å²) in [7, 11) is 0. The van der Waals surface area contributed by atoms with E-state index >= 15 is 0 Å². The van der Waals surface area contributed by atoms with Crippen LogP contribution < -0.4 is 20.7 Å². The molecule has 4 bridgehead atoms. The molecule has 0 aliphatic carbocycles. The number of carboxylic acid groups (broad SMARTS) is 1. The van der Waals surface area contributed by atoms with Crippen LogP contribution in [0, 0.1) is 5.92 Å². The van der Waals surface area contributed by atoms with Crippen molar-refractivity contribution in [2.75, 3.05) is 0 Å². The maximum atomic E-state index is 13.6. The fourth-order valence-electron chi connectivity index (χ4n) is 4.51. The van der Waals surface area contributed by atoms with Crippen molar-refractivity contribution in [3.8, 4) is 11.5 Å². The number of hydrogen-bond donors (Lipinski definition) is 4. The fourth-order valence-corrected chi connectivity index (χ4v) is 4.51. The van der Waals surface area contributed by atoms with Crippen LogP contribution in [-0.4, -0.2) is 46.9 Å². The van der Waals surface area contributed by atoms with Crippen LogP contribution in [0.15, 0.2) is 78.9 Å². The predicted molar refractivity (Wildman–Crippen MR) is 149 cm³/mol. The number of nitrogens with one attached hydrogen (secondary N) is 3. The molecule has 4 N–H and O–H groups in total. The highest BCUT2D eigenvalue weighted by atomic mass is 16.5. The summed E-state index contributed by atoms with van der Waals surface area (Å²) in [5.74, 6) is -1.87. The number of benzene rings is 3. The molecule has 3 atom stereocenters. The molecule has 3 aromatic rings. The van der Waals surface area contributed by atoms with E-state index in [0.29, 0.717) is 22.6 Å². The summed E-state index contributed by atoms with van der Waals surface area (Å²) in [6, 6.07) is 19.5. The van der Waals surface area contributed by atoms with Gasteiger partial charge in [-0.25, -0.2) is 4.79 Å². The van der Waals surface area contributed by atoms with Crippen LogP contribution in [0.3, 0.4) is 0 Å². The molecule has 0 radical (unpaired) electrons. The average Bonchev–Trinajstić information content (AvgIpc) is 2.92. The minimum absolute atomic E-state index is 0.0228. The predicted octanol–water partition coefficient (Wildman–Crippen LogP) is 3.48. The van der Waals surface area contributed by atoms with Crippen molar-refractivity contribution >= 4 is 23.7 Å². The molecule has 2 heterocycles. The summed E-state index contributed by atoms with van der Waals surface area (Å²) < 4.78 is 5.91. The first-order valence-electron chi connectivity index (χ1n) is 13.2. The van der Waals surface area contributed by atoms with Crippen molar-refractivity contribution in [2.45, 2.75) is 51.2 Å². The lowest BCUT2D eigenvalue weighted by molar-refractivity contribution is -0.142. The molecule has 3 aromatic carbocycles. The second kappa shape index (κ2) is 12.9. The molecule has 0 aromatic heterocycles. The first-order valence-corrected chi connectivity index (χ1v) is 13.2. The highest BCUT2D eigenvalue weighted by Crippen LogP contribution is 2.23. The Hall–Kier alpha value is -4.66. The summed E-state index contributed by atoms with van der Waals surface area (Å²) in [5, 5.41) is 18.0.